The molecule has 0 aromatic heterocycles. The fourth-order valence-electron chi connectivity index (χ4n) is 1.25. The zero-order valence-corrected chi connectivity index (χ0v) is 8.28. The van der Waals surface area contributed by atoms with Crippen molar-refractivity contribution in [3.8, 4) is 11.5 Å². The van der Waals surface area contributed by atoms with Crippen LogP contribution in [0.4, 0.5) is 8.78 Å². The van der Waals surface area contributed by atoms with Crippen LogP contribution in [0.5, 0.6) is 11.5 Å². The Kier molecular flexibility index (Phi) is 3.85. The zero-order chi connectivity index (χ0) is 11.4. The van der Waals surface area contributed by atoms with E-state index in [9.17, 15) is 13.9 Å². The van der Waals surface area contributed by atoms with Gasteiger partial charge < -0.3 is 15.6 Å². The normalized spacial score (nSPS) is 12.9. The minimum atomic E-state index is -2.44. The summed E-state index contributed by atoms with van der Waals surface area (Å²) in [5.74, 6) is 0.197. The molecular weight excluding hydrogens is 204 g/mol. The van der Waals surface area contributed by atoms with Crippen molar-refractivity contribution >= 4 is 0 Å². The van der Waals surface area contributed by atoms with Crippen molar-refractivity contribution in [3.05, 3.63) is 23.8 Å². The Morgan fingerprint density at radius 2 is 2.13 bits per heavy atom. The van der Waals surface area contributed by atoms with Crippen molar-refractivity contribution in [1.29, 1.82) is 0 Å². The summed E-state index contributed by atoms with van der Waals surface area (Å²) >= 11 is 0. The topological polar surface area (TPSA) is 55.5 Å². The van der Waals surface area contributed by atoms with E-state index < -0.39 is 18.9 Å². The molecule has 0 unspecified atom stereocenters. The van der Waals surface area contributed by atoms with Crippen LogP contribution in [0.1, 0.15) is 18.0 Å². The molecule has 3 nitrogen and oxygen atoms in total. The number of benzene rings is 1. The molecule has 1 aromatic rings. The zero-order valence-electron chi connectivity index (χ0n) is 8.28. The fraction of sp³-hybridized carbons (Fsp3) is 0.400. The first-order valence-corrected chi connectivity index (χ1v) is 4.45. The maximum Gasteiger partial charge on any atom is 0.240 e. The summed E-state index contributed by atoms with van der Waals surface area (Å²) < 4.78 is 29.0. The second-order valence-electron chi connectivity index (χ2n) is 3.16. The van der Waals surface area contributed by atoms with Crippen LogP contribution in [0.3, 0.4) is 0 Å². The van der Waals surface area contributed by atoms with E-state index in [1.807, 2.05) is 0 Å². The van der Waals surface area contributed by atoms with Gasteiger partial charge in [0, 0.05) is 12.5 Å². The molecule has 0 saturated carbocycles. The number of nitrogens with two attached hydrogens (primary N) is 1. The summed E-state index contributed by atoms with van der Waals surface area (Å²) in [6, 6.07) is 3.59. The van der Waals surface area contributed by atoms with Gasteiger partial charge in [-0.3, -0.25) is 0 Å². The van der Waals surface area contributed by atoms with Crippen LogP contribution in [0.2, 0.25) is 0 Å². The molecule has 0 spiro atoms. The Bertz CT molecular complexity index is 331. The van der Waals surface area contributed by atoms with Crippen molar-refractivity contribution in [2.24, 2.45) is 5.73 Å². The molecular formula is C10H13F2NO2. The SMILES string of the molecule is COc1cc([C@H](N)CC(F)F)ccc1O. The average Bonchev–Trinajstić information content (AvgIpc) is 2.17. The number of halogens is 2. The van der Waals surface area contributed by atoms with Crippen LogP contribution >= 0.6 is 0 Å². The highest BCUT2D eigenvalue weighted by Crippen LogP contribution is 2.29. The maximum absolute atomic E-state index is 12.1. The Morgan fingerprint density at radius 1 is 1.47 bits per heavy atom. The maximum atomic E-state index is 12.1. The van der Waals surface area contributed by atoms with Crippen molar-refractivity contribution in [2.75, 3.05) is 7.11 Å². The monoisotopic (exact) mass is 217 g/mol. The molecule has 0 bridgehead atoms. The van der Waals surface area contributed by atoms with E-state index in [-0.39, 0.29) is 11.5 Å². The van der Waals surface area contributed by atoms with Crippen LogP contribution in [-0.2, 0) is 0 Å². The van der Waals surface area contributed by atoms with Gasteiger partial charge >= 0.3 is 0 Å². The largest absolute Gasteiger partial charge is 0.504 e. The van der Waals surface area contributed by atoms with Crippen molar-refractivity contribution in [3.63, 3.8) is 0 Å². The number of hydrogen-bond donors (Lipinski definition) is 2. The molecule has 84 valence electrons. The first-order chi connectivity index (χ1) is 7.04. The van der Waals surface area contributed by atoms with Gasteiger partial charge in [0.25, 0.3) is 0 Å². The Hall–Kier alpha value is -1.36. The lowest BCUT2D eigenvalue weighted by Gasteiger charge is -2.13. The van der Waals surface area contributed by atoms with Crippen LogP contribution in [0.25, 0.3) is 0 Å². The minimum absolute atomic E-state index is 0.0366. The molecule has 5 heteroatoms. The van der Waals surface area contributed by atoms with Gasteiger partial charge in [-0.15, -0.1) is 0 Å². The molecule has 1 rings (SSSR count). The van der Waals surface area contributed by atoms with E-state index in [0.717, 1.165) is 0 Å². The van der Waals surface area contributed by atoms with Crippen molar-refractivity contribution in [1.82, 2.24) is 0 Å². The molecule has 0 saturated heterocycles. The molecule has 3 N–H and O–H groups in total. The fourth-order valence-corrected chi connectivity index (χ4v) is 1.25. The Labute approximate surface area is 86.5 Å². The molecule has 0 aliphatic carbocycles. The predicted molar refractivity (Wildman–Crippen MR) is 52.2 cm³/mol. The lowest BCUT2D eigenvalue weighted by Crippen LogP contribution is -2.13. The van der Waals surface area contributed by atoms with Crippen LogP contribution in [0.15, 0.2) is 18.2 Å². The summed E-state index contributed by atoms with van der Waals surface area (Å²) in [6.45, 7) is 0. The number of ether oxygens (including phenoxy) is 1. The predicted octanol–water partition coefficient (Wildman–Crippen LogP) is 2.06. The van der Waals surface area contributed by atoms with E-state index in [1.165, 1.54) is 25.3 Å². The molecule has 0 heterocycles. The van der Waals surface area contributed by atoms with Gasteiger partial charge in [-0.05, 0) is 17.7 Å². The van der Waals surface area contributed by atoms with Gasteiger partial charge in [0.1, 0.15) is 0 Å². The molecule has 1 atom stereocenters. The quantitative estimate of drug-likeness (QED) is 0.811. The number of methoxy groups -OCH3 is 1. The summed E-state index contributed by atoms with van der Waals surface area (Å²) in [4.78, 5) is 0. The van der Waals surface area contributed by atoms with Crippen molar-refractivity contribution in [2.45, 2.75) is 18.9 Å². The van der Waals surface area contributed by atoms with Crippen LogP contribution < -0.4 is 10.5 Å². The van der Waals surface area contributed by atoms with E-state index >= 15 is 0 Å². The van der Waals surface area contributed by atoms with Gasteiger partial charge in [-0.25, -0.2) is 8.78 Å². The molecule has 0 radical (unpaired) electrons. The van der Waals surface area contributed by atoms with Crippen LogP contribution in [0, 0.1) is 0 Å². The third kappa shape index (κ3) is 3.06. The third-order valence-electron chi connectivity index (χ3n) is 2.06. The highest BCUT2D eigenvalue weighted by Gasteiger charge is 2.14. The van der Waals surface area contributed by atoms with Crippen molar-refractivity contribution < 1.29 is 18.6 Å². The van der Waals surface area contributed by atoms with Gasteiger partial charge in [-0.1, -0.05) is 6.07 Å². The molecule has 0 aliphatic heterocycles. The lowest BCUT2D eigenvalue weighted by atomic mass is 10.0. The summed E-state index contributed by atoms with van der Waals surface area (Å²) in [7, 11) is 1.39. The molecule has 0 aliphatic rings. The highest BCUT2D eigenvalue weighted by atomic mass is 19.3. The van der Waals surface area contributed by atoms with E-state index in [2.05, 4.69) is 0 Å². The number of aromatic hydroxyl groups is 1. The average molecular weight is 217 g/mol. The number of phenolic OH excluding ortho intramolecular Hbond substituents is 1. The second-order valence-corrected chi connectivity index (χ2v) is 3.16. The van der Waals surface area contributed by atoms with Gasteiger partial charge in [0.2, 0.25) is 6.43 Å². The van der Waals surface area contributed by atoms with Crippen LogP contribution in [-0.4, -0.2) is 18.6 Å². The first-order valence-electron chi connectivity index (χ1n) is 4.45. The van der Waals surface area contributed by atoms with Gasteiger partial charge in [-0.2, -0.15) is 0 Å². The summed E-state index contributed by atoms with van der Waals surface area (Å²) in [5.41, 5.74) is 6.07. The minimum Gasteiger partial charge on any atom is -0.504 e. The molecule has 0 fully saturated rings. The van der Waals surface area contributed by atoms with E-state index in [4.69, 9.17) is 10.5 Å². The van der Waals surface area contributed by atoms with E-state index in [1.54, 1.807) is 0 Å². The Balaban J connectivity index is 2.85. The lowest BCUT2D eigenvalue weighted by molar-refractivity contribution is 0.128. The molecule has 15 heavy (non-hydrogen) atoms. The highest BCUT2D eigenvalue weighted by molar-refractivity contribution is 5.42. The smallest absolute Gasteiger partial charge is 0.240 e. The number of alkyl halides is 2. The summed E-state index contributed by atoms with van der Waals surface area (Å²) in [6.07, 6.45) is -2.85. The number of hydrogen-bond acceptors (Lipinski definition) is 3. The number of phenols is 1. The molecule has 1 aromatic carbocycles. The summed E-state index contributed by atoms with van der Waals surface area (Å²) in [5, 5.41) is 9.28. The second kappa shape index (κ2) is 4.93. The first kappa shape index (κ1) is 11.7. The number of rotatable bonds is 4. The van der Waals surface area contributed by atoms with Gasteiger partial charge in [0.15, 0.2) is 11.5 Å². The van der Waals surface area contributed by atoms with E-state index in [0.29, 0.717) is 5.56 Å². The molecule has 0 amide bonds. The standard InChI is InChI=1S/C10H13F2NO2/c1-15-9-4-6(2-3-8(9)14)7(13)5-10(11)12/h2-4,7,10,14H,5,13H2,1H3/t7-/m1/s1. The third-order valence-corrected chi connectivity index (χ3v) is 2.06. The Morgan fingerprint density at radius 3 is 2.67 bits per heavy atom. The van der Waals surface area contributed by atoms with Gasteiger partial charge in [0.05, 0.1) is 7.11 Å².